The van der Waals surface area contributed by atoms with Crippen LogP contribution in [0.3, 0.4) is 0 Å². The van der Waals surface area contributed by atoms with E-state index in [1.165, 1.54) is 0 Å². The van der Waals surface area contributed by atoms with Gasteiger partial charge in [-0.3, -0.25) is 4.79 Å². The number of nitrogens with zero attached hydrogens (tertiary/aromatic N) is 4. The number of carbonyl (C=O) groups is 1. The lowest BCUT2D eigenvalue weighted by atomic mass is 9.91. The molecule has 0 bridgehead atoms. The Bertz CT molecular complexity index is 1080. The summed E-state index contributed by atoms with van der Waals surface area (Å²) in [6.07, 6.45) is 0. The second-order valence-electron chi connectivity index (χ2n) is 9.88. The number of para-hydroxylation sites is 1. The predicted octanol–water partition coefficient (Wildman–Crippen LogP) is 5.42. The van der Waals surface area contributed by atoms with Crippen LogP contribution in [0, 0.1) is 5.41 Å². The molecule has 1 aliphatic heterocycles. The van der Waals surface area contributed by atoms with Crippen LogP contribution in [0.15, 0.2) is 48.5 Å². The number of hydrogen-bond donors (Lipinski definition) is 0. The number of rotatable bonds is 1. The van der Waals surface area contributed by atoms with E-state index in [-0.39, 0.29) is 16.9 Å². The molecule has 5 nitrogen and oxygen atoms in total. The van der Waals surface area contributed by atoms with Gasteiger partial charge in [0.05, 0.1) is 11.4 Å². The minimum absolute atomic E-state index is 0.00490. The van der Waals surface area contributed by atoms with Gasteiger partial charge in [0.2, 0.25) is 0 Å². The number of hydrogen-bond acceptors (Lipinski definition) is 3. The van der Waals surface area contributed by atoms with Crippen molar-refractivity contribution < 1.29 is 4.79 Å². The first-order valence-corrected chi connectivity index (χ1v) is 10.0. The van der Waals surface area contributed by atoms with Crippen molar-refractivity contribution in [2.24, 2.45) is 5.41 Å². The summed E-state index contributed by atoms with van der Waals surface area (Å²) < 4.78 is 1.95. The quantitative estimate of drug-likeness (QED) is 0.559. The fourth-order valence-electron chi connectivity index (χ4n) is 3.96. The normalized spacial score (nSPS) is 14.0. The highest BCUT2D eigenvalue weighted by atomic mass is 16.2. The van der Waals surface area contributed by atoms with Gasteiger partial charge < -0.3 is 4.90 Å². The average molecular weight is 389 g/mol. The molecule has 1 aliphatic rings. The van der Waals surface area contributed by atoms with E-state index in [0.717, 1.165) is 28.2 Å². The Hall–Kier alpha value is -2.95. The van der Waals surface area contributed by atoms with Gasteiger partial charge in [-0.05, 0) is 38.3 Å². The van der Waals surface area contributed by atoms with Crippen LogP contribution in [0.2, 0.25) is 0 Å². The molecule has 0 saturated carbocycles. The van der Waals surface area contributed by atoms with Crippen LogP contribution in [0.1, 0.15) is 51.9 Å². The SMILES string of the molecule is CC(C)(C)Cn1nnc2c1-c1ccccc1C(=O)N(C(C)(C)C)c1ccccc1-2. The van der Waals surface area contributed by atoms with Gasteiger partial charge >= 0.3 is 0 Å². The first-order valence-electron chi connectivity index (χ1n) is 10.0. The van der Waals surface area contributed by atoms with Gasteiger partial charge in [-0.15, -0.1) is 5.10 Å². The summed E-state index contributed by atoms with van der Waals surface area (Å²) in [6, 6.07) is 15.8. The Morgan fingerprint density at radius 2 is 1.41 bits per heavy atom. The molecule has 5 heteroatoms. The average Bonchev–Trinajstić information content (AvgIpc) is 3.01. The summed E-state index contributed by atoms with van der Waals surface area (Å²) in [7, 11) is 0. The highest BCUT2D eigenvalue weighted by Crippen LogP contribution is 2.43. The topological polar surface area (TPSA) is 51.0 Å². The highest BCUT2D eigenvalue weighted by molar-refractivity contribution is 6.14. The van der Waals surface area contributed by atoms with Crippen molar-refractivity contribution in [1.29, 1.82) is 0 Å². The summed E-state index contributed by atoms with van der Waals surface area (Å²) in [5.74, 6) is -0.00490. The second-order valence-corrected chi connectivity index (χ2v) is 9.88. The van der Waals surface area contributed by atoms with Crippen LogP contribution in [0.25, 0.3) is 22.5 Å². The maximum Gasteiger partial charge on any atom is 0.259 e. The van der Waals surface area contributed by atoms with E-state index in [1.807, 2.05) is 58.1 Å². The largest absolute Gasteiger partial charge is 0.302 e. The molecule has 3 aromatic rings. The van der Waals surface area contributed by atoms with Crippen molar-refractivity contribution >= 4 is 11.6 Å². The first-order chi connectivity index (χ1) is 13.6. The van der Waals surface area contributed by atoms with E-state index in [9.17, 15) is 4.79 Å². The Balaban J connectivity index is 2.10. The van der Waals surface area contributed by atoms with Crippen LogP contribution in [0.5, 0.6) is 0 Å². The fraction of sp³-hybridized carbons (Fsp3) is 0.375. The molecule has 0 unspecified atom stereocenters. The van der Waals surface area contributed by atoms with Crippen molar-refractivity contribution in [2.75, 3.05) is 4.90 Å². The zero-order valence-corrected chi connectivity index (χ0v) is 18.0. The molecule has 29 heavy (non-hydrogen) atoms. The Morgan fingerprint density at radius 3 is 2.03 bits per heavy atom. The van der Waals surface area contributed by atoms with Crippen LogP contribution in [-0.2, 0) is 6.54 Å². The van der Waals surface area contributed by atoms with Gasteiger partial charge in [-0.2, -0.15) is 0 Å². The third-order valence-corrected chi connectivity index (χ3v) is 5.05. The van der Waals surface area contributed by atoms with Crippen LogP contribution < -0.4 is 4.90 Å². The summed E-state index contributed by atoms with van der Waals surface area (Å²) in [6.45, 7) is 13.4. The highest BCUT2D eigenvalue weighted by Gasteiger charge is 2.36. The molecule has 0 aliphatic carbocycles. The van der Waals surface area contributed by atoms with Crippen LogP contribution in [0.4, 0.5) is 5.69 Å². The third kappa shape index (κ3) is 3.35. The van der Waals surface area contributed by atoms with E-state index < -0.39 is 0 Å². The number of carbonyl (C=O) groups excluding carboxylic acids is 1. The first kappa shape index (κ1) is 19.4. The molecule has 0 saturated heterocycles. The third-order valence-electron chi connectivity index (χ3n) is 5.05. The van der Waals surface area contributed by atoms with E-state index in [2.05, 4.69) is 51.9 Å². The molecule has 0 N–H and O–H groups in total. The Kier molecular flexibility index (Phi) is 4.37. The maximum atomic E-state index is 13.8. The predicted molar refractivity (Wildman–Crippen MR) is 117 cm³/mol. The smallest absolute Gasteiger partial charge is 0.259 e. The van der Waals surface area contributed by atoms with E-state index in [1.54, 1.807) is 0 Å². The van der Waals surface area contributed by atoms with Crippen molar-refractivity contribution in [2.45, 2.75) is 53.6 Å². The molecular formula is C24H28N4O. The minimum atomic E-state index is -0.390. The minimum Gasteiger partial charge on any atom is -0.302 e. The van der Waals surface area contributed by atoms with Crippen LogP contribution in [-0.4, -0.2) is 26.4 Å². The van der Waals surface area contributed by atoms with Crippen molar-refractivity contribution in [3.05, 3.63) is 54.1 Å². The van der Waals surface area contributed by atoms with Gasteiger partial charge in [0, 0.05) is 28.8 Å². The van der Waals surface area contributed by atoms with E-state index >= 15 is 0 Å². The molecule has 4 rings (SSSR count). The summed E-state index contributed by atoms with van der Waals surface area (Å²) >= 11 is 0. The molecule has 0 radical (unpaired) electrons. The van der Waals surface area contributed by atoms with Gasteiger partial charge in [-0.1, -0.05) is 62.4 Å². The van der Waals surface area contributed by atoms with Gasteiger partial charge in [0.1, 0.15) is 5.69 Å². The van der Waals surface area contributed by atoms with Crippen molar-refractivity contribution in [1.82, 2.24) is 15.0 Å². The lowest BCUT2D eigenvalue weighted by molar-refractivity contribution is 0.0966. The zero-order valence-electron chi connectivity index (χ0n) is 18.0. The molecule has 0 fully saturated rings. The Morgan fingerprint density at radius 1 is 0.828 bits per heavy atom. The molecule has 150 valence electrons. The molecule has 2 aromatic carbocycles. The standard InChI is InChI=1S/C24H28N4O/c1-23(2,3)15-27-21-16-11-7-8-12-17(16)22(29)28(24(4,5)6)19-14-10-9-13-18(19)20(21)25-26-27/h7-14H,15H2,1-6H3. The van der Waals surface area contributed by atoms with Gasteiger partial charge in [-0.25, -0.2) is 4.68 Å². The number of aromatic nitrogens is 3. The number of benzene rings is 2. The second kappa shape index (κ2) is 6.55. The fourth-order valence-corrected chi connectivity index (χ4v) is 3.96. The lowest BCUT2D eigenvalue weighted by Crippen LogP contribution is -2.46. The van der Waals surface area contributed by atoms with Gasteiger partial charge in [0.15, 0.2) is 0 Å². The van der Waals surface area contributed by atoms with E-state index in [0.29, 0.717) is 12.1 Å². The summed E-state index contributed by atoms with van der Waals surface area (Å²) in [4.78, 5) is 15.7. The molecule has 1 aromatic heterocycles. The summed E-state index contributed by atoms with van der Waals surface area (Å²) in [5.41, 5.74) is 4.72. The lowest BCUT2D eigenvalue weighted by Gasteiger charge is -2.38. The van der Waals surface area contributed by atoms with E-state index in [4.69, 9.17) is 0 Å². The monoisotopic (exact) mass is 388 g/mol. The van der Waals surface area contributed by atoms with Crippen molar-refractivity contribution in [3.8, 4) is 22.5 Å². The molecule has 0 spiro atoms. The number of fused-ring (bicyclic) bond motifs is 5. The number of amides is 1. The Labute approximate surface area is 172 Å². The molecule has 2 heterocycles. The maximum absolute atomic E-state index is 13.8. The number of anilines is 1. The van der Waals surface area contributed by atoms with Gasteiger partial charge in [0.25, 0.3) is 5.91 Å². The zero-order chi connectivity index (χ0) is 21.0. The molecule has 1 amide bonds. The summed E-state index contributed by atoms with van der Waals surface area (Å²) in [5, 5.41) is 9.11. The molecule has 0 atom stereocenters. The van der Waals surface area contributed by atoms with Crippen molar-refractivity contribution in [3.63, 3.8) is 0 Å². The van der Waals surface area contributed by atoms with Crippen LogP contribution >= 0.6 is 0 Å². The molecular weight excluding hydrogens is 360 g/mol.